The van der Waals surface area contributed by atoms with Gasteiger partial charge in [0.2, 0.25) is 0 Å². The molecule has 0 radical (unpaired) electrons. The normalized spacial score (nSPS) is 11.4. The Morgan fingerprint density at radius 1 is 0.340 bits per heavy atom. The standard InChI is InChI=1S/C43H27N3O/c1-3-12-31(13-4-1)41-44-42(32-14-5-2-6-15-32)46-43(45-41)36-19-10-20-39-40(36)37-27-33(25-26-38(37)47-39)28-21-23-30(24-22-28)35-18-9-16-29-11-7-8-17-34(29)35/h1-27H. The van der Waals surface area contributed by atoms with Crippen LogP contribution in [0.2, 0.25) is 0 Å². The van der Waals surface area contributed by atoms with E-state index in [-0.39, 0.29) is 0 Å². The van der Waals surface area contributed by atoms with E-state index in [1.54, 1.807) is 0 Å². The molecular weight excluding hydrogens is 574 g/mol. The maximum absolute atomic E-state index is 6.38. The zero-order chi connectivity index (χ0) is 31.2. The first-order valence-electron chi connectivity index (χ1n) is 15.7. The van der Waals surface area contributed by atoms with Gasteiger partial charge in [0.25, 0.3) is 0 Å². The van der Waals surface area contributed by atoms with Gasteiger partial charge in [-0.1, -0.05) is 146 Å². The molecule has 0 spiro atoms. The fourth-order valence-corrected chi connectivity index (χ4v) is 6.44. The fraction of sp³-hybridized carbons (Fsp3) is 0. The first-order chi connectivity index (χ1) is 23.3. The van der Waals surface area contributed by atoms with Gasteiger partial charge in [-0.25, -0.2) is 15.0 Å². The topological polar surface area (TPSA) is 51.8 Å². The van der Waals surface area contributed by atoms with E-state index in [2.05, 4.69) is 91.0 Å². The molecule has 2 heterocycles. The van der Waals surface area contributed by atoms with E-state index < -0.39 is 0 Å². The lowest BCUT2D eigenvalue weighted by molar-refractivity contribution is 0.669. The Labute approximate surface area is 271 Å². The van der Waals surface area contributed by atoms with Gasteiger partial charge < -0.3 is 4.42 Å². The van der Waals surface area contributed by atoms with Crippen molar-refractivity contribution in [2.75, 3.05) is 0 Å². The number of benzene rings is 7. The molecule has 0 N–H and O–H groups in total. The van der Waals surface area contributed by atoms with Crippen LogP contribution in [0.25, 0.3) is 89.1 Å². The molecule has 9 aromatic rings. The second-order valence-electron chi connectivity index (χ2n) is 11.6. The van der Waals surface area contributed by atoms with Gasteiger partial charge in [0.1, 0.15) is 11.2 Å². The summed E-state index contributed by atoms with van der Waals surface area (Å²) >= 11 is 0. The molecule has 4 nitrogen and oxygen atoms in total. The Kier molecular flexibility index (Phi) is 6.43. The van der Waals surface area contributed by atoms with Crippen molar-refractivity contribution in [2.45, 2.75) is 0 Å². The summed E-state index contributed by atoms with van der Waals surface area (Å²) in [6, 6.07) is 56.4. The van der Waals surface area contributed by atoms with E-state index in [1.165, 1.54) is 21.9 Å². The van der Waals surface area contributed by atoms with Crippen LogP contribution >= 0.6 is 0 Å². The average Bonchev–Trinajstić information content (AvgIpc) is 3.53. The molecule has 2 aromatic heterocycles. The van der Waals surface area contributed by atoms with Crippen LogP contribution < -0.4 is 0 Å². The summed E-state index contributed by atoms with van der Waals surface area (Å²) in [4.78, 5) is 14.9. The first kappa shape index (κ1) is 27.0. The molecule has 9 rings (SSSR count). The number of fused-ring (bicyclic) bond motifs is 4. The van der Waals surface area contributed by atoms with Gasteiger partial charge in [0, 0.05) is 27.5 Å². The lowest BCUT2D eigenvalue weighted by Crippen LogP contribution is -2.00. The molecule has 0 saturated heterocycles. The van der Waals surface area contributed by atoms with E-state index >= 15 is 0 Å². The third kappa shape index (κ3) is 4.84. The van der Waals surface area contributed by atoms with Gasteiger partial charge in [0.15, 0.2) is 17.5 Å². The lowest BCUT2D eigenvalue weighted by atomic mass is 9.95. The quantitative estimate of drug-likeness (QED) is 0.197. The second-order valence-corrected chi connectivity index (χ2v) is 11.6. The zero-order valence-corrected chi connectivity index (χ0v) is 25.3. The van der Waals surface area contributed by atoms with Gasteiger partial charge >= 0.3 is 0 Å². The molecule has 220 valence electrons. The van der Waals surface area contributed by atoms with Crippen molar-refractivity contribution >= 4 is 32.7 Å². The molecule has 0 fully saturated rings. The highest BCUT2D eigenvalue weighted by Gasteiger charge is 2.18. The van der Waals surface area contributed by atoms with Gasteiger partial charge in [-0.3, -0.25) is 0 Å². The Morgan fingerprint density at radius 2 is 0.915 bits per heavy atom. The van der Waals surface area contributed by atoms with E-state index in [9.17, 15) is 0 Å². The Bertz CT molecular complexity index is 2490. The van der Waals surface area contributed by atoms with Crippen LogP contribution in [0.3, 0.4) is 0 Å². The zero-order valence-electron chi connectivity index (χ0n) is 25.3. The van der Waals surface area contributed by atoms with E-state index in [0.29, 0.717) is 17.5 Å². The van der Waals surface area contributed by atoms with Crippen LogP contribution in [-0.4, -0.2) is 15.0 Å². The highest BCUT2D eigenvalue weighted by Crippen LogP contribution is 2.39. The fourth-order valence-electron chi connectivity index (χ4n) is 6.44. The Hall–Kier alpha value is -6.39. The van der Waals surface area contributed by atoms with Crippen LogP contribution in [-0.2, 0) is 0 Å². The first-order valence-corrected chi connectivity index (χ1v) is 15.7. The number of rotatable bonds is 5. The predicted octanol–water partition coefficient (Wildman–Crippen LogP) is 11.3. The molecule has 4 heteroatoms. The van der Waals surface area contributed by atoms with E-state index in [1.807, 2.05) is 72.8 Å². The average molecular weight is 602 g/mol. The highest BCUT2D eigenvalue weighted by atomic mass is 16.3. The minimum atomic E-state index is 0.607. The van der Waals surface area contributed by atoms with Crippen molar-refractivity contribution in [1.29, 1.82) is 0 Å². The lowest BCUT2D eigenvalue weighted by Gasteiger charge is -2.10. The third-order valence-corrected chi connectivity index (χ3v) is 8.75. The summed E-state index contributed by atoms with van der Waals surface area (Å²) in [5.41, 5.74) is 9.08. The minimum Gasteiger partial charge on any atom is -0.456 e. The molecule has 0 atom stereocenters. The largest absolute Gasteiger partial charge is 0.456 e. The molecule has 0 aliphatic carbocycles. The van der Waals surface area contributed by atoms with Crippen LogP contribution in [0.4, 0.5) is 0 Å². The monoisotopic (exact) mass is 601 g/mol. The molecule has 0 unspecified atom stereocenters. The third-order valence-electron chi connectivity index (χ3n) is 8.75. The van der Waals surface area contributed by atoms with Crippen molar-refractivity contribution in [3.63, 3.8) is 0 Å². The second kappa shape index (κ2) is 11.2. The minimum absolute atomic E-state index is 0.607. The number of furan rings is 1. The van der Waals surface area contributed by atoms with Crippen LogP contribution in [0.5, 0.6) is 0 Å². The number of nitrogens with zero attached hydrogens (tertiary/aromatic N) is 3. The van der Waals surface area contributed by atoms with Gasteiger partial charge in [-0.15, -0.1) is 0 Å². The van der Waals surface area contributed by atoms with Gasteiger partial charge in [-0.05, 0) is 51.2 Å². The van der Waals surface area contributed by atoms with E-state index in [0.717, 1.165) is 49.8 Å². The van der Waals surface area contributed by atoms with Crippen molar-refractivity contribution in [2.24, 2.45) is 0 Å². The number of hydrogen-bond donors (Lipinski definition) is 0. The summed E-state index contributed by atoms with van der Waals surface area (Å²) in [6.07, 6.45) is 0. The Morgan fingerprint density at radius 3 is 1.66 bits per heavy atom. The highest BCUT2D eigenvalue weighted by molar-refractivity contribution is 6.12. The molecule has 0 aliphatic heterocycles. The maximum atomic E-state index is 6.38. The van der Waals surface area contributed by atoms with Crippen molar-refractivity contribution in [1.82, 2.24) is 15.0 Å². The smallest absolute Gasteiger partial charge is 0.164 e. The molecule has 47 heavy (non-hydrogen) atoms. The molecule has 0 aliphatic rings. The Balaban J connectivity index is 1.18. The molecule has 0 bridgehead atoms. The molecule has 7 aromatic carbocycles. The van der Waals surface area contributed by atoms with Gasteiger partial charge in [0.05, 0.1) is 0 Å². The molecule has 0 amide bonds. The maximum Gasteiger partial charge on any atom is 0.164 e. The van der Waals surface area contributed by atoms with Crippen molar-refractivity contribution in [3.05, 3.63) is 164 Å². The van der Waals surface area contributed by atoms with Crippen LogP contribution in [0, 0.1) is 0 Å². The summed E-state index contributed by atoms with van der Waals surface area (Å²) in [5, 5.41) is 4.51. The summed E-state index contributed by atoms with van der Waals surface area (Å²) in [7, 11) is 0. The van der Waals surface area contributed by atoms with Gasteiger partial charge in [-0.2, -0.15) is 0 Å². The van der Waals surface area contributed by atoms with E-state index in [4.69, 9.17) is 19.4 Å². The van der Waals surface area contributed by atoms with Crippen molar-refractivity contribution in [3.8, 4) is 56.4 Å². The summed E-state index contributed by atoms with van der Waals surface area (Å²) in [5.74, 6) is 1.87. The number of hydrogen-bond acceptors (Lipinski definition) is 4. The predicted molar refractivity (Wildman–Crippen MR) is 192 cm³/mol. The SMILES string of the molecule is c1ccc(-c2nc(-c3ccccc3)nc(-c3cccc4oc5ccc(-c6ccc(-c7cccc8ccccc78)cc6)cc5c34)n2)cc1. The summed E-state index contributed by atoms with van der Waals surface area (Å²) < 4.78 is 6.38. The van der Waals surface area contributed by atoms with Crippen LogP contribution in [0.15, 0.2) is 168 Å². The molecular formula is C43H27N3O. The van der Waals surface area contributed by atoms with Crippen LogP contribution in [0.1, 0.15) is 0 Å². The van der Waals surface area contributed by atoms with Crippen molar-refractivity contribution < 1.29 is 4.42 Å². The summed E-state index contributed by atoms with van der Waals surface area (Å²) in [6.45, 7) is 0. The molecule has 0 saturated carbocycles. The number of aromatic nitrogens is 3.